The van der Waals surface area contributed by atoms with Gasteiger partial charge in [-0.2, -0.15) is 0 Å². The summed E-state index contributed by atoms with van der Waals surface area (Å²) in [6.45, 7) is 10.8. The van der Waals surface area contributed by atoms with Crippen molar-refractivity contribution in [3.05, 3.63) is 47.3 Å². The van der Waals surface area contributed by atoms with E-state index in [0.717, 1.165) is 16.9 Å². The quantitative estimate of drug-likeness (QED) is 0.926. The zero-order chi connectivity index (χ0) is 15.5. The SMILES string of the molecule is Cc1cnc(NCc2ccc(C)cc2OC(C)(C)C)nc1. The largest absolute Gasteiger partial charge is 0.488 e. The van der Waals surface area contributed by atoms with Crippen molar-refractivity contribution in [3.8, 4) is 5.75 Å². The second-order valence-electron chi connectivity index (χ2n) is 6.26. The highest BCUT2D eigenvalue weighted by Gasteiger charge is 2.15. The summed E-state index contributed by atoms with van der Waals surface area (Å²) in [5.41, 5.74) is 3.11. The number of aromatic nitrogens is 2. The lowest BCUT2D eigenvalue weighted by molar-refractivity contribution is 0.129. The highest BCUT2D eigenvalue weighted by Crippen LogP contribution is 2.25. The number of nitrogens with zero attached hydrogens (tertiary/aromatic N) is 2. The minimum Gasteiger partial charge on any atom is -0.488 e. The van der Waals surface area contributed by atoms with E-state index in [0.29, 0.717) is 12.5 Å². The van der Waals surface area contributed by atoms with Gasteiger partial charge in [-0.05, 0) is 51.8 Å². The highest BCUT2D eigenvalue weighted by molar-refractivity contribution is 5.40. The highest BCUT2D eigenvalue weighted by atomic mass is 16.5. The Bertz CT molecular complexity index is 600. The third-order valence-corrected chi connectivity index (χ3v) is 2.86. The third-order valence-electron chi connectivity index (χ3n) is 2.86. The Labute approximate surface area is 126 Å². The number of nitrogens with one attached hydrogen (secondary N) is 1. The molecule has 1 N–H and O–H groups in total. The summed E-state index contributed by atoms with van der Waals surface area (Å²) in [5, 5.41) is 3.23. The molecule has 0 aliphatic rings. The van der Waals surface area contributed by atoms with Gasteiger partial charge >= 0.3 is 0 Å². The molecule has 0 atom stereocenters. The summed E-state index contributed by atoms with van der Waals surface area (Å²) < 4.78 is 6.04. The molecule has 0 unspecified atom stereocenters. The van der Waals surface area contributed by atoms with Crippen molar-refractivity contribution in [3.63, 3.8) is 0 Å². The van der Waals surface area contributed by atoms with Gasteiger partial charge in [0.05, 0.1) is 0 Å². The van der Waals surface area contributed by atoms with Gasteiger partial charge in [0.2, 0.25) is 5.95 Å². The zero-order valence-corrected chi connectivity index (χ0v) is 13.4. The zero-order valence-electron chi connectivity index (χ0n) is 13.4. The summed E-state index contributed by atoms with van der Waals surface area (Å²) in [5.74, 6) is 1.53. The molecule has 21 heavy (non-hydrogen) atoms. The van der Waals surface area contributed by atoms with E-state index in [1.165, 1.54) is 5.56 Å². The van der Waals surface area contributed by atoms with Gasteiger partial charge in [0.15, 0.2) is 0 Å². The smallest absolute Gasteiger partial charge is 0.222 e. The number of anilines is 1. The molecule has 2 aromatic rings. The molecular weight excluding hydrogens is 262 g/mol. The maximum atomic E-state index is 6.04. The first-order valence-electron chi connectivity index (χ1n) is 7.14. The summed E-state index contributed by atoms with van der Waals surface area (Å²) >= 11 is 0. The van der Waals surface area contributed by atoms with Crippen LogP contribution >= 0.6 is 0 Å². The van der Waals surface area contributed by atoms with Gasteiger partial charge in [0.1, 0.15) is 11.4 Å². The lowest BCUT2D eigenvalue weighted by Crippen LogP contribution is -2.24. The maximum Gasteiger partial charge on any atom is 0.222 e. The Morgan fingerprint density at radius 3 is 2.33 bits per heavy atom. The first kappa shape index (κ1) is 15.3. The van der Waals surface area contributed by atoms with Crippen LogP contribution in [0.4, 0.5) is 5.95 Å². The van der Waals surface area contributed by atoms with E-state index in [9.17, 15) is 0 Å². The van der Waals surface area contributed by atoms with Crippen molar-refractivity contribution in [2.24, 2.45) is 0 Å². The summed E-state index contributed by atoms with van der Waals surface area (Å²) in [7, 11) is 0. The van der Waals surface area contributed by atoms with Crippen LogP contribution in [0.2, 0.25) is 0 Å². The fourth-order valence-corrected chi connectivity index (χ4v) is 1.89. The van der Waals surface area contributed by atoms with E-state index in [1.807, 2.05) is 6.92 Å². The summed E-state index contributed by atoms with van der Waals surface area (Å²) in [6.07, 6.45) is 3.61. The van der Waals surface area contributed by atoms with Gasteiger partial charge in [0.25, 0.3) is 0 Å². The predicted octanol–water partition coefficient (Wildman–Crippen LogP) is 3.88. The Kier molecular flexibility index (Phi) is 4.46. The van der Waals surface area contributed by atoms with Crippen molar-refractivity contribution >= 4 is 5.95 Å². The minimum atomic E-state index is -0.219. The Balaban J connectivity index is 2.13. The molecule has 0 radical (unpaired) electrons. The fourth-order valence-electron chi connectivity index (χ4n) is 1.89. The van der Waals surface area contributed by atoms with Crippen molar-refractivity contribution < 1.29 is 4.74 Å². The van der Waals surface area contributed by atoms with Crippen LogP contribution in [0.15, 0.2) is 30.6 Å². The van der Waals surface area contributed by atoms with Crippen LogP contribution in [0.25, 0.3) is 0 Å². The van der Waals surface area contributed by atoms with Gasteiger partial charge in [0, 0.05) is 24.5 Å². The molecule has 0 amide bonds. The van der Waals surface area contributed by atoms with E-state index in [-0.39, 0.29) is 5.60 Å². The van der Waals surface area contributed by atoms with E-state index < -0.39 is 0 Å². The molecule has 0 aliphatic heterocycles. The van der Waals surface area contributed by atoms with Gasteiger partial charge in [-0.3, -0.25) is 0 Å². The van der Waals surface area contributed by atoms with Crippen LogP contribution in [0, 0.1) is 13.8 Å². The van der Waals surface area contributed by atoms with E-state index in [2.05, 4.69) is 61.2 Å². The van der Waals surface area contributed by atoms with Gasteiger partial charge in [-0.25, -0.2) is 9.97 Å². The number of benzene rings is 1. The fraction of sp³-hybridized carbons (Fsp3) is 0.412. The number of hydrogen-bond donors (Lipinski definition) is 1. The summed E-state index contributed by atoms with van der Waals surface area (Å²) in [6, 6.07) is 6.23. The van der Waals surface area contributed by atoms with Crippen molar-refractivity contribution in [1.29, 1.82) is 0 Å². The summed E-state index contributed by atoms with van der Waals surface area (Å²) in [4.78, 5) is 8.50. The average molecular weight is 285 g/mol. The Hall–Kier alpha value is -2.10. The third kappa shape index (κ3) is 4.74. The molecule has 0 bridgehead atoms. The Morgan fingerprint density at radius 1 is 1.05 bits per heavy atom. The first-order chi connectivity index (χ1) is 9.83. The maximum absolute atomic E-state index is 6.04. The van der Waals surface area contributed by atoms with Gasteiger partial charge < -0.3 is 10.1 Å². The predicted molar refractivity (Wildman–Crippen MR) is 85.7 cm³/mol. The molecule has 0 saturated heterocycles. The molecule has 0 aliphatic carbocycles. The monoisotopic (exact) mass is 285 g/mol. The number of hydrogen-bond acceptors (Lipinski definition) is 4. The molecule has 0 spiro atoms. The normalized spacial score (nSPS) is 11.3. The van der Waals surface area contributed by atoms with Gasteiger partial charge in [-0.15, -0.1) is 0 Å². The molecule has 4 heteroatoms. The second kappa shape index (κ2) is 6.12. The van der Waals surface area contributed by atoms with Crippen molar-refractivity contribution in [2.75, 3.05) is 5.32 Å². The molecule has 112 valence electrons. The lowest BCUT2D eigenvalue weighted by Gasteiger charge is -2.23. The van der Waals surface area contributed by atoms with Crippen LogP contribution in [0.1, 0.15) is 37.5 Å². The van der Waals surface area contributed by atoms with Crippen molar-refractivity contribution in [2.45, 2.75) is 46.8 Å². The topological polar surface area (TPSA) is 47.0 Å². The Morgan fingerprint density at radius 2 is 1.71 bits per heavy atom. The first-order valence-corrected chi connectivity index (χ1v) is 7.14. The molecule has 1 aromatic heterocycles. The average Bonchev–Trinajstić information content (AvgIpc) is 2.38. The van der Waals surface area contributed by atoms with Crippen LogP contribution in [0.5, 0.6) is 5.75 Å². The van der Waals surface area contributed by atoms with Crippen LogP contribution in [-0.4, -0.2) is 15.6 Å². The van der Waals surface area contributed by atoms with Crippen LogP contribution < -0.4 is 10.1 Å². The molecule has 1 aromatic carbocycles. The molecule has 1 heterocycles. The molecule has 0 saturated carbocycles. The van der Waals surface area contributed by atoms with Gasteiger partial charge in [-0.1, -0.05) is 12.1 Å². The van der Waals surface area contributed by atoms with E-state index in [4.69, 9.17) is 4.74 Å². The number of rotatable bonds is 4. The number of aryl methyl sites for hydroxylation is 2. The molecule has 2 rings (SSSR count). The van der Waals surface area contributed by atoms with Crippen LogP contribution in [0.3, 0.4) is 0 Å². The molecular formula is C17H23N3O. The van der Waals surface area contributed by atoms with Crippen LogP contribution in [-0.2, 0) is 6.54 Å². The molecule has 4 nitrogen and oxygen atoms in total. The second-order valence-corrected chi connectivity index (χ2v) is 6.26. The lowest BCUT2D eigenvalue weighted by atomic mass is 10.1. The minimum absolute atomic E-state index is 0.219. The van der Waals surface area contributed by atoms with E-state index >= 15 is 0 Å². The standard InChI is InChI=1S/C17H23N3O/c1-12-6-7-14(15(8-12)21-17(3,4)5)11-20-16-18-9-13(2)10-19-16/h6-10H,11H2,1-5H3,(H,18,19,20). The van der Waals surface area contributed by atoms with Crippen molar-refractivity contribution in [1.82, 2.24) is 9.97 Å². The van der Waals surface area contributed by atoms with E-state index in [1.54, 1.807) is 12.4 Å². The molecule has 0 fully saturated rings. The number of ether oxygens (including phenoxy) is 1.